The quantitative estimate of drug-likeness (QED) is 0.687. The minimum atomic E-state index is -5.02. The van der Waals surface area contributed by atoms with Gasteiger partial charge in [-0.1, -0.05) is 12.1 Å². The van der Waals surface area contributed by atoms with Gasteiger partial charge in [0.15, 0.2) is 0 Å². The van der Waals surface area contributed by atoms with Gasteiger partial charge in [0.1, 0.15) is 17.1 Å². The van der Waals surface area contributed by atoms with Crippen molar-refractivity contribution in [2.75, 3.05) is 0 Å². The van der Waals surface area contributed by atoms with E-state index in [4.69, 9.17) is 4.42 Å². The Bertz CT molecular complexity index is 1000. The molecular weight excluding hydrogens is 344 g/mol. The van der Waals surface area contributed by atoms with Gasteiger partial charge < -0.3 is 14.6 Å². The van der Waals surface area contributed by atoms with Gasteiger partial charge in [-0.15, -0.1) is 0 Å². The lowest BCUT2D eigenvalue weighted by Crippen LogP contribution is -2.16. The van der Waals surface area contributed by atoms with Crippen molar-refractivity contribution in [3.63, 3.8) is 0 Å². The minimum absolute atomic E-state index is 0.164. The molecule has 0 spiro atoms. The number of benzene rings is 2. The van der Waals surface area contributed by atoms with Crippen LogP contribution in [0.25, 0.3) is 22.1 Å². The maximum atomic E-state index is 13.4. The van der Waals surface area contributed by atoms with E-state index in [1.54, 1.807) is 0 Å². The molecule has 0 saturated heterocycles. The summed E-state index contributed by atoms with van der Waals surface area (Å²) >= 11 is 0. The summed E-state index contributed by atoms with van der Waals surface area (Å²) in [6, 6.07) is 6.10. The molecule has 3 rings (SSSR count). The number of fused-ring (bicyclic) bond motifs is 1. The number of rotatable bonds is 2. The van der Waals surface area contributed by atoms with Gasteiger partial charge in [-0.3, -0.25) is 4.79 Å². The van der Waals surface area contributed by atoms with Crippen LogP contribution in [0, 0.1) is 5.82 Å². The Balaban J connectivity index is 2.48. The van der Waals surface area contributed by atoms with E-state index in [9.17, 15) is 32.6 Å². The van der Waals surface area contributed by atoms with Gasteiger partial charge in [0, 0.05) is 0 Å². The van der Waals surface area contributed by atoms with Crippen LogP contribution in [-0.2, 0) is 12.8 Å². The Labute approximate surface area is 137 Å². The average molecular weight is 354 g/mol. The van der Waals surface area contributed by atoms with Crippen molar-refractivity contribution in [3.8, 4) is 16.9 Å². The predicted molar refractivity (Wildman–Crippen MR) is 80.5 cm³/mol. The van der Waals surface area contributed by atoms with Crippen LogP contribution in [-0.4, -0.2) is 10.2 Å². The number of hydrogen-bond donors (Lipinski definition) is 2. The summed E-state index contributed by atoms with van der Waals surface area (Å²) in [5.41, 5.74) is -2.82. The molecule has 0 fully saturated rings. The Hall–Kier alpha value is -2.87. The molecule has 8 heteroatoms. The minimum Gasteiger partial charge on any atom is -0.507 e. The van der Waals surface area contributed by atoms with E-state index in [-0.39, 0.29) is 16.5 Å². The third-order valence-corrected chi connectivity index (χ3v) is 3.69. The molecule has 4 nitrogen and oxygen atoms in total. The summed E-state index contributed by atoms with van der Waals surface area (Å²) in [7, 11) is 0. The fourth-order valence-corrected chi connectivity index (χ4v) is 2.53. The van der Waals surface area contributed by atoms with Gasteiger partial charge in [-0.2, -0.15) is 13.2 Å². The molecule has 130 valence electrons. The van der Waals surface area contributed by atoms with E-state index in [1.165, 1.54) is 0 Å². The summed E-state index contributed by atoms with van der Waals surface area (Å²) < 4.78 is 58.2. The van der Waals surface area contributed by atoms with Crippen molar-refractivity contribution < 1.29 is 32.2 Å². The first-order chi connectivity index (χ1) is 11.7. The van der Waals surface area contributed by atoms with Crippen LogP contribution >= 0.6 is 0 Å². The number of alkyl halides is 3. The molecule has 1 heterocycles. The summed E-state index contributed by atoms with van der Waals surface area (Å²) in [5.74, 6) is -2.76. The van der Waals surface area contributed by atoms with Crippen molar-refractivity contribution in [2.24, 2.45) is 0 Å². The number of aliphatic hydroxyl groups excluding tert-OH is 1. The fraction of sp³-hybridized carbons (Fsp3) is 0.118. The van der Waals surface area contributed by atoms with E-state index in [0.717, 1.165) is 36.4 Å². The van der Waals surface area contributed by atoms with E-state index in [2.05, 4.69) is 0 Å². The van der Waals surface area contributed by atoms with E-state index in [0.29, 0.717) is 0 Å². The highest BCUT2D eigenvalue weighted by Crippen LogP contribution is 2.39. The molecule has 1 aromatic heterocycles. The Morgan fingerprint density at radius 2 is 1.68 bits per heavy atom. The number of aromatic hydroxyl groups is 1. The maximum absolute atomic E-state index is 13.4. The molecule has 0 atom stereocenters. The third kappa shape index (κ3) is 2.85. The topological polar surface area (TPSA) is 70.7 Å². The van der Waals surface area contributed by atoms with E-state index < -0.39 is 46.7 Å². The molecule has 0 amide bonds. The third-order valence-electron chi connectivity index (χ3n) is 3.69. The molecule has 0 aliphatic heterocycles. The summed E-state index contributed by atoms with van der Waals surface area (Å²) in [6.07, 6.45) is -5.02. The summed E-state index contributed by atoms with van der Waals surface area (Å²) in [5, 5.41) is 18.7. The molecule has 25 heavy (non-hydrogen) atoms. The first-order valence-electron chi connectivity index (χ1n) is 6.99. The highest BCUT2D eigenvalue weighted by atomic mass is 19.4. The summed E-state index contributed by atoms with van der Waals surface area (Å²) in [6.45, 7) is -0.820. The van der Waals surface area contributed by atoms with Crippen molar-refractivity contribution >= 4 is 11.0 Å². The zero-order valence-corrected chi connectivity index (χ0v) is 12.4. The number of halogens is 4. The second kappa shape index (κ2) is 5.89. The highest BCUT2D eigenvalue weighted by Gasteiger charge is 2.39. The van der Waals surface area contributed by atoms with Crippen LogP contribution in [0.3, 0.4) is 0 Å². The molecule has 0 aliphatic carbocycles. The molecular formula is C17H10F4O4. The Morgan fingerprint density at radius 1 is 1.04 bits per heavy atom. The molecule has 0 radical (unpaired) electrons. The molecule has 2 aromatic carbocycles. The summed E-state index contributed by atoms with van der Waals surface area (Å²) in [4.78, 5) is 12.6. The number of phenols is 1. The van der Waals surface area contributed by atoms with Crippen LogP contribution in [0.5, 0.6) is 5.75 Å². The monoisotopic (exact) mass is 354 g/mol. The fourth-order valence-electron chi connectivity index (χ4n) is 2.53. The van der Waals surface area contributed by atoms with Gasteiger partial charge in [-0.05, 0) is 29.8 Å². The Morgan fingerprint density at radius 3 is 2.24 bits per heavy atom. The number of hydrogen-bond acceptors (Lipinski definition) is 4. The van der Waals surface area contributed by atoms with Gasteiger partial charge in [0.05, 0.1) is 23.1 Å². The molecule has 0 unspecified atom stereocenters. The van der Waals surface area contributed by atoms with E-state index in [1.807, 2.05) is 0 Å². The van der Waals surface area contributed by atoms with E-state index >= 15 is 0 Å². The van der Waals surface area contributed by atoms with Gasteiger partial charge in [0.2, 0.25) is 11.2 Å². The number of aliphatic hydroxyl groups is 1. The lowest BCUT2D eigenvalue weighted by Gasteiger charge is -2.14. The second-order valence-corrected chi connectivity index (χ2v) is 5.24. The van der Waals surface area contributed by atoms with Gasteiger partial charge >= 0.3 is 6.18 Å². The van der Waals surface area contributed by atoms with Gasteiger partial charge in [0.25, 0.3) is 0 Å². The zero-order chi connectivity index (χ0) is 18.4. The lowest BCUT2D eigenvalue weighted by molar-refractivity contribution is -0.152. The van der Waals surface area contributed by atoms with Crippen LogP contribution in [0.2, 0.25) is 0 Å². The normalized spacial score (nSPS) is 11.9. The van der Waals surface area contributed by atoms with Crippen LogP contribution in [0.15, 0.2) is 45.6 Å². The zero-order valence-electron chi connectivity index (χ0n) is 12.4. The lowest BCUT2D eigenvalue weighted by atomic mass is 10.0. The molecule has 0 aliphatic rings. The predicted octanol–water partition coefficient (Wildman–Crippen LogP) is 3.82. The molecule has 0 bridgehead atoms. The first kappa shape index (κ1) is 17.0. The van der Waals surface area contributed by atoms with Crippen LogP contribution in [0.1, 0.15) is 11.3 Å². The standard InChI is InChI=1S/C17H10F4O4/c18-9-3-1-8(2-4-9)13-14(24)10-5-6-12(23)11(7-22)15(10)25-16(13)17(19,20)21/h1-6,22-23H,7H2. The van der Waals surface area contributed by atoms with Crippen molar-refractivity contribution in [2.45, 2.75) is 12.8 Å². The van der Waals surface area contributed by atoms with Crippen LogP contribution in [0.4, 0.5) is 17.6 Å². The largest absolute Gasteiger partial charge is 0.507 e. The van der Waals surface area contributed by atoms with Crippen molar-refractivity contribution in [1.82, 2.24) is 0 Å². The first-order valence-corrected chi connectivity index (χ1v) is 6.99. The van der Waals surface area contributed by atoms with Gasteiger partial charge in [-0.25, -0.2) is 4.39 Å². The SMILES string of the molecule is O=c1c(-c2ccc(F)cc2)c(C(F)(F)F)oc2c(CO)c(O)ccc12. The van der Waals surface area contributed by atoms with Crippen molar-refractivity contribution in [1.29, 1.82) is 0 Å². The van der Waals surface area contributed by atoms with Crippen molar-refractivity contribution in [3.05, 3.63) is 63.8 Å². The Kier molecular flexibility index (Phi) is 4.00. The highest BCUT2D eigenvalue weighted by molar-refractivity contribution is 5.86. The average Bonchev–Trinajstić information content (AvgIpc) is 2.55. The maximum Gasteiger partial charge on any atom is 0.450 e. The molecule has 0 saturated carbocycles. The smallest absolute Gasteiger partial charge is 0.450 e. The molecule has 3 aromatic rings. The second-order valence-electron chi connectivity index (χ2n) is 5.24. The molecule has 2 N–H and O–H groups in total. The van der Waals surface area contributed by atoms with Crippen LogP contribution < -0.4 is 5.43 Å².